The second-order valence-corrected chi connectivity index (χ2v) is 37.4. The van der Waals surface area contributed by atoms with Gasteiger partial charge in [0.05, 0.1) is 58.2 Å². The summed E-state index contributed by atoms with van der Waals surface area (Å²) in [6.07, 6.45) is 6.34. The predicted molar refractivity (Wildman–Crippen MR) is 449 cm³/mol. The maximum Gasteiger partial charge on any atom is 0.480 e. The van der Waals surface area contributed by atoms with Gasteiger partial charge in [0, 0.05) is 42.9 Å². The molecule has 11 heterocycles. The number of nitrogens with one attached hydrogen (secondary N) is 4. The van der Waals surface area contributed by atoms with Crippen LogP contribution in [0.15, 0.2) is 263 Å². The minimum Gasteiger partial charge on any atom is -0.387 e. The van der Waals surface area contributed by atoms with Gasteiger partial charge in [-0.2, -0.15) is 4.31 Å². The number of hydrogen-bond donors (Lipinski definition) is 14. The monoisotopic (exact) mass is 1800 g/mol. The molecular formula is C77H83N19O23P5+3. The Labute approximate surface area is 700 Å². The first-order chi connectivity index (χ1) is 59.3. The lowest BCUT2D eigenvalue weighted by molar-refractivity contribution is -0.745. The summed E-state index contributed by atoms with van der Waals surface area (Å²) in [7, 11) is -22.5. The number of aliphatic hydroxyl groups is 2. The van der Waals surface area contributed by atoms with Crippen LogP contribution in [0.4, 0.5) is 17.8 Å². The molecule has 16 rings (SSSR count). The number of benzene rings is 5. The number of anilines is 3. The number of H-pyrrole nitrogens is 4. The average molecular weight is 1800 g/mol. The molecule has 10 aromatic heterocycles. The molecule has 0 saturated carbocycles. The summed E-state index contributed by atoms with van der Waals surface area (Å²) in [4.78, 5) is 125. The molecule has 1 saturated heterocycles. The van der Waals surface area contributed by atoms with E-state index in [0.29, 0.717) is 45.4 Å². The van der Waals surface area contributed by atoms with Gasteiger partial charge in [-0.1, -0.05) is 154 Å². The number of nitrogens with two attached hydrogens (primary N) is 3. The van der Waals surface area contributed by atoms with E-state index in [4.69, 9.17) is 45.0 Å². The van der Waals surface area contributed by atoms with Crippen molar-refractivity contribution in [3.05, 3.63) is 302 Å². The Balaban J connectivity index is 0.000000152. The maximum absolute atomic E-state index is 13.0. The van der Waals surface area contributed by atoms with Crippen molar-refractivity contribution in [3.8, 4) is 33.5 Å². The summed E-state index contributed by atoms with van der Waals surface area (Å²) in [6.45, 7) is -0.650. The smallest absolute Gasteiger partial charge is 0.387 e. The lowest BCUT2D eigenvalue weighted by Gasteiger charge is -2.19. The van der Waals surface area contributed by atoms with Gasteiger partial charge in [-0.15, -0.1) is 0 Å². The van der Waals surface area contributed by atoms with Crippen LogP contribution in [0, 0.1) is 0 Å². The van der Waals surface area contributed by atoms with Crippen LogP contribution in [0.3, 0.4) is 0 Å². The highest BCUT2D eigenvalue weighted by Crippen LogP contribution is 2.61. The number of aliphatic hydroxyl groups excluding tert-OH is 2. The Bertz CT molecular complexity index is 6760. The summed E-state index contributed by atoms with van der Waals surface area (Å²) >= 11 is 0. The molecule has 646 valence electrons. The van der Waals surface area contributed by atoms with Gasteiger partial charge in [-0.25, -0.2) is 27.4 Å². The Morgan fingerprint density at radius 3 is 1.32 bits per heavy atom. The zero-order chi connectivity index (χ0) is 87.7. The molecule has 0 bridgehead atoms. The predicted octanol–water partition coefficient (Wildman–Crippen LogP) is 5.93. The van der Waals surface area contributed by atoms with Crippen molar-refractivity contribution >= 4 is 89.8 Å². The first-order valence-electron chi connectivity index (χ1n) is 37.6. The van der Waals surface area contributed by atoms with E-state index in [2.05, 4.69) is 51.3 Å². The fraction of sp³-hybridized carbons (Fsp3) is 0.195. The molecule has 7 unspecified atom stereocenters. The number of rotatable bonds is 32. The van der Waals surface area contributed by atoms with Crippen LogP contribution in [0.2, 0.25) is 0 Å². The van der Waals surface area contributed by atoms with Gasteiger partial charge in [0.2, 0.25) is 22.8 Å². The fourth-order valence-electron chi connectivity index (χ4n) is 13.4. The molecule has 15 aromatic rings. The summed E-state index contributed by atoms with van der Waals surface area (Å²) in [5.74, 6) is -1.26. The van der Waals surface area contributed by atoms with Gasteiger partial charge in [0.1, 0.15) is 24.2 Å². The van der Waals surface area contributed by atoms with E-state index in [9.17, 15) is 76.7 Å². The van der Waals surface area contributed by atoms with Crippen LogP contribution >= 0.6 is 38.4 Å². The topological polar surface area (TPSA) is 581 Å². The van der Waals surface area contributed by atoms with Gasteiger partial charge in [-0.3, -0.25) is 79.0 Å². The fourth-order valence-corrected chi connectivity index (χ4v) is 20.4. The third-order valence-electron chi connectivity index (χ3n) is 19.2. The number of phosphoric ester groups is 1. The summed E-state index contributed by atoms with van der Waals surface area (Å²) in [6, 6.07) is 57.8. The quantitative estimate of drug-likeness (QED) is 0.0132. The molecule has 47 heteroatoms. The average Bonchev–Trinajstić information content (AvgIpc) is 1.60. The minimum atomic E-state index is -5.19. The SMILES string of the molecule is Nc1nc2c(c(=O)[nH]1)n(Cc1ccc(-c3ccccc3)[nH]c1=O)c[n+]2C1OC(COP(=O)(O)OP(=O)(O)n2cccc2)[C@H](O)[C@@H]1O.Nc1nc2c(c(=O)[nH]1)n(Cc1ccc(-c3ccccc3)cc1)c[n+]2COCCOP(=O)(O)CP(=O)(O)n1cccc1.Nc1nc2c(c(=O)[nH]1)n(Cc1ccc(-c3ccccc3)cc1)c[n+]2COCCOP(=O)(O)n1cccc1. The van der Waals surface area contributed by atoms with Gasteiger partial charge >= 0.3 is 55.4 Å². The molecular weight excluding hydrogens is 1710 g/mol. The Morgan fingerprint density at radius 1 is 0.427 bits per heavy atom. The van der Waals surface area contributed by atoms with Crippen LogP contribution in [0.5, 0.6) is 0 Å². The second kappa shape index (κ2) is 38.0. The van der Waals surface area contributed by atoms with Gasteiger partial charge < -0.3 is 75.6 Å². The van der Waals surface area contributed by atoms with E-state index in [-0.39, 0.29) is 86.6 Å². The van der Waals surface area contributed by atoms with Crippen LogP contribution in [0.25, 0.3) is 67.0 Å². The highest BCUT2D eigenvalue weighted by atomic mass is 31.3. The number of fused-ring (bicyclic) bond motifs is 3. The summed E-state index contributed by atoms with van der Waals surface area (Å²) < 4.78 is 110. The molecule has 1 fully saturated rings. The standard InChI is InChI=1S/C26H27N7O11P2.C26H28N6O7P2.C25H25N6O5P/c27-26-29-22-19(24(37)30-26)31(12-16-8-9-17(28-23(16)36)15-6-2-1-3-7-15)14-33(22)25-21(35)20(34)18(43-25)13-42-46(40,41)44-45(38,39)32-10-4-5-11-32;27-26-28-24-23(25(33)29-26)30(16-20-8-10-22(11-9-20)21-6-2-1-3-7-21)17-31(24)18-38-14-15-39-41(36,37)19-40(34,35)32-12-4-5-13-32;26-25-27-23-22(24(32)28-25)29(16-19-8-10-21(11-9-19)20-6-2-1-3-7-20)17-30(23)18-35-14-15-36-37(33,34)31-12-4-5-13-31/h1-11,14,18,20-21,25,34-35H,12-13H2,(H5-,27,28,29,30,36,37,38,39,40,41);1-13,17H,14-16,18-19H2,(H4-,27,28,29,33,34,35,36,37);1-13,17H,14-16,18H2,(H3-,26,27,28,32,33,34)/p+3/t18?,20-,21-,25?;;/m0../s1. The third-order valence-corrected chi connectivity index (χ3v) is 28.0. The van der Waals surface area contributed by atoms with E-state index in [1.54, 1.807) is 55.2 Å². The minimum absolute atomic E-state index is 0.00695. The Kier molecular flexibility index (Phi) is 27.0. The number of hydrogen-bond acceptors (Lipinski definition) is 24. The van der Waals surface area contributed by atoms with Gasteiger partial charge in [-0.05, 0) is 87.5 Å². The van der Waals surface area contributed by atoms with Crippen LogP contribution in [-0.2, 0) is 88.0 Å². The first-order valence-corrected chi connectivity index (χ1v) is 45.7. The molecule has 124 heavy (non-hydrogen) atoms. The Hall–Kier alpha value is -12.1. The second-order valence-electron chi connectivity index (χ2n) is 27.9. The number of aromatic amines is 4. The lowest BCUT2D eigenvalue weighted by atomic mass is 10.0. The lowest BCUT2D eigenvalue weighted by Crippen LogP contribution is -2.46. The van der Waals surface area contributed by atoms with Gasteiger partial charge in [0.15, 0.2) is 32.4 Å². The molecule has 0 radical (unpaired) electrons. The first kappa shape index (κ1) is 88.2. The van der Waals surface area contributed by atoms with Gasteiger partial charge in [0.25, 0.3) is 40.1 Å². The maximum atomic E-state index is 13.0. The molecule has 0 spiro atoms. The zero-order valence-electron chi connectivity index (χ0n) is 65.2. The van der Waals surface area contributed by atoms with Crippen molar-refractivity contribution in [2.75, 3.05) is 56.1 Å². The summed E-state index contributed by atoms with van der Waals surface area (Å²) in [5.41, 5.74) is 24.7. The van der Waals surface area contributed by atoms with Crippen LogP contribution in [-0.4, -0.2) is 154 Å². The number of pyridine rings is 1. The molecule has 9 atom stereocenters. The Morgan fingerprint density at radius 2 is 0.847 bits per heavy atom. The van der Waals surface area contributed by atoms with Crippen molar-refractivity contribution in [1.29, 1.82) is 0 Å². The van der Waals surface area contributed by atoms with Crippen molar-refractivity contribution in [2.24, 2.45) is 0 Å². The molecule has 0 aliphatic carbocycles. The van der Waals surface area contributed by atoms with Crippen LogP contribution < -0.4 is 53.1 Å². The molecule has 1 aliphatic rings. The third kappa shape index (κ3) is 21.2. The van der Waals surface area contributed by atoms with Crippen molar-refractivity contribution in [1.82, 2.24) is 61.6 Å². The van der Waals surface area contributed by atoms with Crippen molar-refractivity contribution in [3.63, 3.8) is 0 Å². The number of nitrogen functional groups attached to an aromatic ring is 3. The number of phosphoric acid groups is 1. The molecule has 0 amide bonds. The van der Waals surface area contributed by atoms with E-state index < -0.39 is 92.2 Å². The number of ether oxygens (including phenoxy) is 3. The van der Waals surface area contributed by atoms with E-state index in [0.717, 1.165) is 60.0 Å². The molecule has 17 N–H and O–H groups in total. The number of nitrogens with zero attached hydrogens (tertiary/aromatic N) is 12. The largest absolute Gasteiger partial charge is 0.480 e. The van der Waals surface area contributed by atoms with Crippen LogP contribution in [0.1, 0.15) is 22.9 Å². The number of imidazole rings is 3. The highest BCUT2D eigenvalue weighted by molar-refractivity contribution is 7.72. The van der Waals surface area contributed by atoms with E-state index >= 15 is 0 Å². The molecule has 1 aliphatic heterocycles. The highest BCUT2D eigenvalue weighted by Gasteiger charge is 2.49. The molecule has 5 aromatic carbocycles. The van der Waals surface area contributed by atoms with Crippen molar-refractivity contribution in [2.45, 2.75) is 57.6 Å². The summed E-state index contributed by atoms with van der Waals surface area (Å²) in [5, 5.41) is 21.6. The normalized spacial score (nSPS) is 17.1. The van der Waals surface area contributed by atoms with E-state index in [1.807, 2.05) is 127 Å². The zero-order valence-corrected chi connectivity index (χ0v) is 69.7. The number of aromatic nitrogens is 16. The van der Waals surface area contributed by atoms with Crippen molar-refractivity contribution < 1.29 is 103 Å². The van der Waals surface area contributed by atoms with E-state index in [1.165, 1.54) is 64.5 Å². The molecule has 42 nitrogen and oxygen atoms in total.